The summed E-state index contributed by atoms with van der Waals surface area (Å²) in [7, 11) is -4.44. The largest absolute Gasteiger partial charge is 0.481 e. The molecule has 0 aliphatic carbocycles. The van der Waals surface area contributed by atoms with Gasteiger partial charge < -0.3 is 14.9 Å². The van der Waals surface area contributed by atoms with Crippen molar-refractivity contribution >= 4 is 13.7 Å². The molecule has 6 nitrogen and oxygen atoms in total. The number of hydrogen-bond donors (Lipinski definition) is 3. The van der Waals surface area contributed by atoms with Gasteiger partial charge in [-0.2, -0.15) is 0 Å². The number of rotatable bonds is 12. The highest BCUT2D eigenvalue weighted by molar-refractivity contribution is 7.49. The molecule has 7 heteroatoms. The van der Waals surface area contributed by atoms with E-state index in [4.69, 9.17) is 5.11 Å². The Hall–Kier alpha value is -1.20. The van der Waals surface area contributed by atoms with E-state index >= 15 is 0 Å². The summed E-state index contributed by atoms with van der Waals surface area (Å²) >= 11 is 0. The fourth-order valence-corrected chi connectivity index (χ4v) is 2.81. The first-order chi connectivity index (χ1) is 11.5. The van der Waals surface area contributed by atoms with Crippen LogP contribution in [0.1, 0.15) is 59.8 Å². The molecule has 0 aliphatic rings. The molecule has 0 aromatic rings. The van der Waals surface area contributed by atoms with Crippen LogP contribution in [-0.2, 0) is 9.36 Å². The molecule has 0 saturated heterocycles. The zero-order valence-electron chi connectivity index (χ0n) is 15.7. The standard InChI is InChI=1S/C18H32NO5P/c1-15(2)7-5-8-16(3)9-6-10-17(4)11-13-19(25(22,23)24)14-12-18(20)21/h7,9,11H,5-6,8,10,12-14H2,1-4H3,(H,20,21)(H2,22,23,24). The average Bonchev–Trinajstić information content (AvgIpc) is 2.44. The van der Waals surface area contributed by atoms with E-state index in [9.17, 15) is 19.1 Å². The zero-order chi connectivity index (χ0) is 19.5. The van der Waals surface area contributed by atoms with Crippen LogP contribution in [0.3, 0.4) is 0 Å². The third-order valence-corrected chi connectivity index (χ3v) is 4.83. The molecular formula is C18H32NO5P. The van der Waals surface area contributed by atoms with Crippen molar-refractivity contribution in [1.29, 1.82) is 0 Å². The maximum atomic E-state index is 11.4. The molecule has 0 atom stereocenters. The SMILES string of the molecule is CC(C)=CCCC(C)=CCCC(C)=CCN(CCC(=O)O)P(=O)(O)O. The first-order valence-corrected chi connectivity index (χ1v) is 10.1. The molecule has 0 amide bonds. The van der Waals surface area contributed by atoms with Gasteiger partial charge in [0.25, 0.3) is 0 Å². The highest BCUT2D eigenvalue weighted by Gasteiger charge is 2.24. The molecule has 0 spiro atoms. The van der Waals surface area contributed by atoms with E-state index in [0.717, 1.165) is 35.9 Å². The highest BCUT2D eigenvalue weighted by Crippen LogP contribution is 2.39. The minimum atomic E-state index is -4.44. The average molecular weight is 373 g/mol. The Morgan fingerprint density at radius 2 is 1.44 bits per heavy atom. The Balaban J connectivity index is 4.43. The molecule has 25 heavy (non-hydrogen) atoms. The number of aliphatic carboxylic acids is 1. The Morgan fingerprint density at radius 1 is 0.920 bits per heavy atom. The summed E-state index contributed by atoms with van der Waals surface area (Å²) in [5, 5.41) is 8.66. The van der Waals surface area contributed by atoms with Crippen LogP contribution in [0.15, 0.2) is 34.9 Å². The van der Waals surface area contributed by atoms with Gasteiger partial charge in [-0.1, -0.05) is 34.9 Å². The van der Waals surface area contributed by atoms with Gasteiger partial charge in [0.1, 0.15) is 0 Å². The van der Waals surface area contributed by atoms with E-state index in [2.05, 4.69) is 32.9 Å². The molecule has 0 heterocycles. The Bertz CT molecular complexity index is 556. The second-order valence-corrected chi connectivity index (χ2v) is 8.12. The molecule has 0 unspecified atom stereocenters. The molecule has 144 valence electrons. The van der Waals surface area contributed by atoms with Crippen LogP contribution >= 0.6 is 7.75 Å². The molecule has 0 bridgehead atoms. The molecule has 0 aliphatic heterocycles. The molecule has 0 fully saturated rings. The van der Waals surface area contributed by atoms with E-state index in [1.165, 1.54) is 11.1 Å². The summed E-state index contributed by atoms with van der Waals surface area (Å²) in [6.07, 6.45) is 9.65. The normalized spacial score (nSPS) is 13.2. The van der Waals surface area contributed by atoms with E-state index < -0.39 is 13.7 Å². The van der Waals surface area contributed by atoms with Gasteiger partial charge in [0.05, 0.1) is 6.42 Å². The number of hydrogen-bond acceptors (Lipinski definition) is 2. The maximum Gasteiger partial charge on any atom is 0.403 e. The lowest BCUT2D eigenvalue weighted by molar-refractivity contribution is -0.137. The lowest BCUT2D eigenvalue weighted by atomic mass is 10.1. The van der Waals surface area contributed by atoms with Gasteiger partial charge in [-0.05, 0) is 53.4 Å². The number of carboxylic acids is 1. The zero-order valence-corrected chi connectivity index (χ0v) is 16.6. The molecule has 0 saturated carbocycles. The first-order valence-electron chi connectivity index (χ1n) is 8.49. The van der Waals surface area contributed by atoms with E-state index in [-0.39, 0.29) is 19.5 Å². The summed E-state index contributed by atoms with van der Waals surface area (Å²) in [6.45, 7) is 8.08. The van der Waals surface area contributed by atoms with Crippen molar-refractivity contribution in [3.05, 3.63) is 34.9 Å². The van der Waals surface area contributed by atoms with Crippen molar-refractivity contribution in [2.45, 2.75) is 59.8 Å². The van der Waals surface area contributed by atoms with Gasteiger partial charge >= 0.3 is 13.7 Å². The number of carboxylic acid groups (broad SMARTS) is 1. The van der Waals surface area contributed by atoms with Crippen molar-refractivity contribution in [1.82, 2.24) is 4.67 Å². The van der Waals surface area contributed by atoms with Gasteiger partial charge in [-0.15, -0.1) is 0 Å². The second-order valence-electron chi connectivity index (χ2n) is 6.53. The summed E-state index contributed by atoms with van der Waals surface area (Å²) in [5.41, 5.74) is 3.69. The molecule has 0 aromatic carbocycles. The molecule has 0 aromatic heterocycles. The van der Waals surface area contributed by atoms with E-state index in [1.54, 1.807) is 6.08 Å². The van der Waals surface area contributed by atoms with Gasteiger partial charge in [0, 0.05) is 13.1 Å². The van der Waals surface area contributed by atoms with E-state index in [0.29, 0.717) is 0 Å². The summed E-state index contributed by atoms with van der Waals surface area (Å²) in [6, 6.07) is 0. The fourth-order valence-electron chi connectivity index (χ4n) is 2.15. The summed E-state index contributed by atoms with van der Waals surface area (Å²) < 4.78 is 12.3. The monoisotopic (exact) mass is 373 g/mol. The van der Waals surface area contributed by atoms with Crippen LogP contribution in [0.25, 0.3) is 0 Å². The Morgan fingerprint density at radius 3 is 1.92 bits per heavy atom. The van der Waals surface area contributed by atoms with E-state index in [1.807, 2.05) is 6.92 Å². The molecule has 3 N–H and O–H groups in total. The number of nitrogens with zero attached hydrogens (tertiary/aromatic N) is 1. The van der Waals surface area contributed by atoms with Crippen LogP contribution in [0.5, 0.6) is 0 Å². The molecule has 0 rings (SSSR count). The maximum absolute atomic E-state index is 11.4. The summed E-state index contributed by atoms with van der Waals surface area (Å²) in [4.78, 5) is 29.1. The Labute approximate surface area is 151 Å². The van der Waals surface area contributed by atoms with Gasteiger partial charge in [0.2, 0.25) is 0 Å². The topological polar surface area (TPSA) is 98.1 Å². The van der Waals surface area contributed by atoms with Crippen molar-refractivity contribution in [3.8, 4) is 0 Å². The van der Waals surface area contributed by atoms with Crippen molar-refractivity contribution in [2.24, 2.45) is 0 Å². The van der Waals surface area contributed by atoms with Crippen LogP contribution in [-0.4, -0.2) is 38.6 Å². The van der Waals surface area contributed by atoms with Gasteiger partial charge in [-0.3, -0.25) is 4.79 Å². The van der Waals surface area contributed by atoms with Crippen LogP contribution in [0, 0.1) is 0 Å². The lowest BCUT2D eigenvalue weighted by Gasteiger charge is -2.20. The van der Waals surface area contributed by atoms with Crippen molar-refractivity contribution in [3.63, 3.8) is 0 Å². The van der Waals surface area contributed by atoms with Crippen molar-refractivity contribution in [2.75, 3.05) is 13.1 Å². The molecule has 0 radical (unpaired) electrons. The predicted molar refractivity (Wildman–Crippen MR) is 101 cm³/mol. The predicted octanol–water partition coefficient (Wildman–Crippen LogP) is 4.28. The number of carbonyl (C=O) groups is 1. The van der Waals surface area contributed by atoms with Crippen LogP contribution in [0.2, 0.25) is 0 Å². The fraction of sp³-hybridized carbons (Fsp3) is 0.611. The first kappa shape index (κ1) is 23.8. The third-order valence-electron chi connectivity index (χ3n) is 3.73. The third kappa shape index (κ3) is 13.7. The van der Waals surface area contributed by atoms with Crippen LogP contribution in [0.4, 0.5) is 0 Å². The van der Waals surface area contributed by atoms with Crippen molar-refractivity contribution < 1.29 is 24.3 Å². The Kier molecular flexibility index (Phi) is 11.6. The quantitative estimate of drug-likeness (QED) is 0.349. The minimum Gasteiger partial charge on any atom is -0.481 e. The van der Waals surface area contributed by atoms with Gasteiger partial charge in [-0.25, -0.2) is 9.24 Å². The lowest BCUT2D eigenvalue weighted by Crippen LogP contribution is -2.23. The second kappa shape index (κ2) is 12.2. The van der Waals surface area contributed by atoms with Crippen LogP contribution < -0.4 is 0 Å². The number of allylic oxidation sites excluding steroid dienone is 5. The summed E-state index contributed by atoms with van der Waals surface area (Å²) in [5.74, 6) is -1.08. The molecular weight excluding hydrogens is 341 g/mol. The highest BCUT2D eigenvalue weighted by atomic mass is 31.2. The van der Waals surface area contributed by atoms with Gasteiger partial charge in [0.15, 0.2) is 0 Å². The minimum absolute atomic E-state index is 0.0483. The smallest absolute Gasteiger partial charge is 0.403 e.